The van der Waals surface area contributed by atoms with E-state index in [1.807, 2.05) is 0 Å². The van der Waals surface area contributed by atoms with Gasteiger partial charge < -0.3 is 14.7 Å². The molecule has 206 valence electrons. The minimum absolute atomic E-state index is 0.114. The summed E-state index contributed by atoms with van der Waals surface area (Å²) in [5, 5.41) is 15.2. The number of nitrogens with zero attached hydrogens (tertiary/aromatic N) is 5. The molecular weight excluding hydrogens is 531 g/mol. The standard InChI is InChI=1S/C28H29ClF3N5O2/c1-35-12-9-27(17-35)10-13-37(18-27)11-3-4-21-23(39-16-19-5-8-25(29)33-15-19)7-6-20(26(21)38)22-14-24(28(30,31)32)34-36(22)2/h5-8,14-15,38H,9-13,16-18H2,1-2H3. The van der Waals surface area contributed by atoms with Gasteiger partial charge in [-0.15, -0.1) is 0 Å². The molecule has 2 fully saturated rings. The molecule has 0 bridgehead atoms. The van der Waals surface area contributed by atoms with Crippen LogP contribution in [0.25, 0.3) is 11.3 Å². The average molecular weight is 560 g/mol. The van der Waals surface area contributed by atoms with Crippen molar-refractivity contribution in [3.63, 3.8) is 0 Å². The van der Waals surface area contributed by atoms with E-state index >= 15 is 0 Å². The van der Waals surface area contributed by atoms with Crippen molar-refractivity contribution >= 4 is 11.6 Å². The van der Waals surface area contributed by atoms with Gasteiger partial charge in [0.2, 0.25) is 0 Å². The molecule has 2 aromatic heterocycles. The number of aromatic nitrogens is 3. The van der Waals surface area contributed by atoms with E-state index in [0.29, 0.717) is 22.9 Å². The third kappa shape index (κ3) is 6.01. The highest BCUT2D eigenvalue weighted by atomic mass is 35.5. The third-order valence-corrected chi connectivity index (χ3v) is 7.66. The summed E-state index contributed by atoms with van der Waals surface area (Å²) >= 11 is 5.86. The summed E-state index contributed by atoms with van der Waals surface area (Å²) in [6.45, 7) is 4.77. The maximum absolute atomic E-state index is 13.3. The summed E-state index contributed by atoms with van der Waals surface area (Å²) < 4.78 is 46.9. The van der Waals surface area contributed by atoms with E-state index in [9.17, 15) is 18.3 Å². The number of phenolic OH excluding ortho intramolecular Hbond substituents is 1. The Morgan fingerprint density at radius 2 is 1.92 bits per heavy atom. The number of halogens is 4. The molecule has 1 spiro atoms. The van der Waals surface area contributed by atoms with E-state index < -0.39 is 11.9 Å². The summed E-state index contributed by atoms with van der Waals surface area (Å²) in [6.07, 6.45) is -0.714. The van der Waals surface area contributed by atoms with Crippen LogP contribution in [0.15, 0.2) is 36.5 Å². The molecule has 39 heavy (non-hydrogen) atoms. The van der Waals surface area contributed by atoms with E-state index in [4.69, 9.17) is 16.3 Å². The molecule has 2 aliphatic rings. The number of aryl methyl sites for hydroxylation is 1. The lowest BCUT2D eigenvalue weighted by atomic mass is 9.86. The Labute approximate surface area is 230 Å². The lowest BCUT2D eigenvalue weighted by Crippen LogP contribution is -2.29. The fraction of sp³-hybridized carbons (Fsp3) is 0.429. The van der Waals surface area contributed by atoms with Crippen molar-refractivity contribution in [2.45, 2.75) is 25.6 Å². The third-order valence-electron chi connectivity index (χ3n) is 7.43. The topological polar surface area (TPSA) is 66.7 Å². The van der Waals surface area contributed by atoms with Crippen LogP contribution in [0.3, 0.4) is 0 Å². The summed E-state index contributed by atoms with van der Waals surface area (Å²) in [4.78, 5) is 8.71. The molecule has 4 heterocycles. The van der Waals surface area contributed by atoms with Crippen LogP contribution in [-0.4, -0.2) is 69.4 Å². The summed E-state index contributed by atoms with van der Waals surface area (Å²) in [5.74, 6) is 6.25. The number of rotatable bonds is 5. The number of phenols is 1. The van der Waals surface area contributed by atoms with Gasteiger partial charge in [-0.05, 0) is 62.7 Å². The molecule has 2 saturated heterocycles. The maximum Gasteiger partial charge on any atom is 0.435 e. The van der Waals surface area contributed by atoms with Crippen molar-refractivity contribution in [3.8, 4) is 34.6 Å². The van der Waals surface area contributed by atoms with Crippen molar-refractivity contribution in [1.82, 2.24) is 24.6 Å². The quantitative estimate of drug-likeness (QED) is 0.357. The molecule has 1 atom stereocenters. The van der Waals surface area contributed by atoms with Gasteiger partial charge in [-0.3, -0.25) is 9.58 Å². The van der Waals surface area contributed by atoms with Crippen molar-refractivity contribution in [1.29, 1.82) is 0 Å². The minimum atomic E-state index is -4.61. The Balaban J connectivity index is 1.42. The second-order valence-electron chi connectivity index (χ2n) is 10.4. The molecule has 11 heteroatoms. The van der Waals surface area contributed by atoms with Gasteiger partial charge in [-0.1, -0.05) is 29.5 Å². The number of aromatic hydroxyl groups is 1. The number of hydrogen-bond acceptors (Lipinski definition) is 6. The molecule has 1 N–H and O–H groups in total. The Morgan fingerprint density at radius 1 is 1.13 bits per heavy atom. The van der Waals surface area contributed by atoms with Gasteiger partial charge in [0, 0.05) is 37.5 Å². The van der Waals surface area contributed by atoms with Gasteiger partial charge >= 0.3 is 6.18 Å². The molecule has 0 aliphatic carbocycles. The largest absolute Gasteiger partial charge is 0.506 e. The van der Waals surface area contributed by atoms with E-state index in [1.54, 1.807) is 24.4 Å². The molecule has 5 rings (SSSR count). The first kappa shape index (κ1) is 27.3. The first-order valence-corrected chi connectivity index (χ1v) is 13.0. The van der Waals surface area contributed by atoms with Crippen molar-refractivity contribution in [3.05, 3.63) is 58.5 Å². The van der Waals surface area contributed by atoms with E-state index in [2.05, 4.69) is 38.8 Å². The first-order valence-electron chi connectivity index (χ1n) is 12.6. The molecular formula is C28H29ClF3N5O2. The number of likely N-dealkylation sites (tertiary alicyclic amines) is 2. The number of pyridine rings is 1. The Bertz CT molecular complexity index is 1410. The van der Waals surface area contributed by atoms with E-state index in [0.717, 1.165) is 48.9 Å². The SMILES string of the molecule is CN1CCC2(CCN(CC#Cc3c(OCc4ccc(Cl)nc4)ccc(-c4cc(C(F)(F)F)nn4C)c3O)C2)C1. The predicted molar refractivity (Wildman–Crippen MR) is 141 cm³/mol. The monoisotopic (exact) mass is 559 g/mol. The van der Waals surface area contributed by atoms with Gasteiger partial charge in [0.25, 0.3) is 0 Å². The number of ether oxygens (including phenoxy) is 1. The zero-order valence-corrected chi connectivity index (χ0v) is 22.5. The number of benzene rings is 1. The maximum atomic E-state index is 13.3. The first-order chi connectivity index (χ1) is 18.5. The fourth-order valence-electron chi connectivity index (χ4n) is 5.43. The minimum Gasteiger partial charge on any atom is -0.506 e. The zero-order chi connectivity index (χ0) is 27.8. The van der Waals surface area contributed by atoms with Gasteiger partial charge in [-0.2, -0.15) is 18.3 Å². The van der Waals surface area contributed by atoms with Crippen LogP contribution in [0.5, 0.6) is 11.5 Å². The normalized spacial score (nSPS) is 19.9. The lowest BCUT2D eigenvalue weighted by molar-refractivity contribution is -0.141. The van der Waals surface area contributed by atoms with Gasteiger partial charge in [0.15, 0.2) is 5.69 Å². The van der Waals surface area contributed by atoms with Crippen LogP contribution in [0, 0.1) is 17.3 Å². The second kappa shape index (κ2) is 10.7. The molecule has 0 saturated carbocycles. The van der Waals surface area contributed by atoms with Gasteiger partial charge in [0.1, 0.15) is 28.8 Å². The second-order valence-corrected chi connectivity index (χ2v) is 10.8. The average Bonchev–Trinajstić information content (AvgIpc) is 3.58. The fourth-order valence-corrected chi connectivity index (χ4v) is 5.54. The van der Waals surface area contributed by atoms with Crippen LogP contribution < -0.4 is 4.74 Å². The smallest absolute Gasteiger partial charge is 0.435 e. The zero-order valence-electron chi connectivity index (χ0n) is 21.7. The molecule has 0 radical (unpaired) electrons. The van der Waals surface area contributed by atoms with E-state index in [-0.39, 0.29) is 29.2 Å². The summed E-state index contributed by atoms with van der Waals surface area (Å²) in [7, 11) is 3.55. The number of hydrogen-bond donors (Lipinski definition) is 1. The van der Waals surface area contributed by atoms with Crippen molar-refractivity contribution < 1.29 is 23.0 Å². The molecule has 1 unspecified atom stereocenters. The van der Waals surface area contributed by atoms with Crippen molar-refractivity contribution in [2.24, 2.45) is 12.5 Å². The lowest BCUT2D eigenvalue weighted by Gasteiger charge is -2.23. The molecule has 7 nitrogen and oxygen atoms in total. The highest BCUT2D eigenvalue weighted by Gasteiger charge is 2.42. The highest BCUT2D eigenvalue weighted by Crippen LogP contribution is 2.40. The van der Waals surface area contributed by atoms with Crippen LogP contribution in [0.1, 0.15) is 29.7 Å². The van der Waals surface area contributed by atoms with Crippen LogP contribution in [-0.2, 0) is 19.8 Å². The molecule has 0 amide bonds. The van der Waals surface area contributed by atoms with Gasteiger partial charge in [0.05, 0.1) is 12.2 Å². The molecule has 2 aliphatic heterocycles. The molecule has 1 aromatic carbocycles. The van der Waals surface area contributed by atoms with Gasteiger partial charge in [-0.25, -0.2) is 4.98 Å². The van der Waals surface area contributed by atoms with Crippen LogP contribution in [0.2, 0.25) is 5.15 Å². The van der Waals surface area contributed by atoms with Crippen LogP contribution >= 0.6 is 11.6 Å². The Hall–Kier alpha value is -3.26. The predicted octanol–water partition coefficient (Wildman–Crippen LogP) is 4.82. The highest BCUT2D eigenvalue weighted by molar-refractivity contribution is 6.29. The summed E-state index contributed by atoms with van der Waals surface area (Å²) in [5.41, 5.74) is 0.534. The number of alkyl halides is 3. The Morgan fingerprint density at radius 3 is 2.59 bits per heavy atom. The molecule has 3 aromatic rings. The van der Waals surface area contributed by atoms with E-state index in [1.165, 1.54) is 19.5 Å². The van der Waals surface area contributed by atoms with Crippen molar-refractivity contribution in [2.75, 3.05) is 39.8 Å². The summed E-state index contributed by atoms with van der Waals surface area (Å²) in [6, 6.07) is 7.43. The Kier molecular flexibility index (Phi) is 7.51. The van der Waals surface area contributed by atoms with Crippen LogP contribution in [0.4, 0.5) is 13.2 Å².